The Morgan fingerprint density at radius 1 is 0.660 bits per heavy atom. The predicted octanol–water partition coefficient (Wildman–Crippen LogP) is 7.62. The third-order valence-corrected chi connectivity index (χ3v) is 10.3. The first-order valence-corrected chi connectivity index (χ1v) is 18.3. The highest BCUT2D eigenvalue weighted by atomic mass is 32.2. The fourth-order valence-electron chi connectivity index (χ4n) is 6.65. The Hall–Kier alpha value is -5.95. The fourth-order valence-corrected chi connectivity index (χ4v) is 7.28. The van der Waals surface area contributed by atoms with Gasteiger partial charge in [0.05, 0.1) is 10.4 Å². The van der Waals surface area contributed by atoms with Crippen molar-refractivity contribution in [3.05, 3.63) is 142 Å². The lowest BCUT2D eigenvalue weighted by Crippen LogP contribution is -2.10. The molecule has 4 aromatic carbocycles. The maximum atomic E-state index is 13.8. The van der Waals surface area contributed by atoms with Crippen molar-refractivity contribution >= 4 is 54.5 Å². The number of rotatable bonds is 9. The normalized spacial score (nSPS) is 11.6. The number of aromatic nitrogens is 3. The lowest BCUT2D eigenvalue weighted by Gasteiger charge is -2.06. The highest BCUT2D eigenvalue weighted by Crippen LogP contribution is 2.31. The van der Waals surface area contributed by atoms with E-state index in [1.807, 2.05) is 6.92 Å². The van der Waals surface area contributed by atoms with Gasteiger partial charge in [-0.2, -0.15) is 0 Å². The number of carbonyl (C=O) groups is 2. The highest BCUT2D eigenvalue weighted by molar-refractivity contribution is 7.90. The molecule has 0 fully saturated rings. The molecular weight excluding hydrogens is 708 g/mol. The molecule has 0 amide bonds. The van der Waals surface area contributed by atoms with Crippen molar-refractivity contribution < 1.29 is 41.4 Å². The summed E-state index contributed by atoms with van der Waals surface area (Å²) in [4.78, 5) is 27.2. The fraction of sp³-hybridized carbons (Fsp3) is 0.175. The van der Waals surface area contributed by atoms with Gasteiger partial charge in [-0.25, -0.2) is 21.6 Å². The van der Waals surface area contributed by atoms with Crippen molar-refractivity contribution in [3.63, 3.8) is 0 Å². The Morgan fingerprint density at radius 2 is 1.15 bits per heavy atom. The van der Waals surface area contributed by atoms with E-state index in [0.717, 1.165) is 40.0 Å². The van der Waals surface area contributed by atoms with Crippen LogP contribution in [0.15, 0.2) is 95.9 Å². The Labute approximate surface area is 302 Å². The summed E-state index contributed by atoms with van der Waals surface area (Å²) in [5, 5.41) is 20.4. The second-order valence-corrected chi connectivity index (χ2v) is 14.8. The average molecular weight is 742 g/mol. The molecule has 0 bridgehead atoms. The lowest BCUT2D eigenvalue weighted by atomic mass is 10.0. The average Bonchev–Trinajstić information content (AvgIpc) is 3.48. The molecule has 0 saturated heterocycles. The van der Waals surface area contributed by atoms with E-state index in [9.17, 15) is 36.3 Å². The van der Waals surface area contributed by atoms with E-state index in [1.165, 1.54) is 48.5 Å². The van der Waals surface area contributed by atoms with E-state index in [2.05, 4.69) is 4.98 Å². The zero-order valence-electron chi connectivity index (χ0n) is 28.9. The number of hydrogen-bond donors (Lipinski definition) is 2. The first-order valence-electron chi connectivity index (χ1n) is 16.4. The van der Waals surface area contributed by atoms with E-state index < -0.39 is 27.6 Å². The number of halogens is 3. The first-order chi connectivity index (χ1) is 25.1. The van der Waals surface area contributed by atoms with E-state index >= 15 is 0 Å². The van der Waals surface area contributed by atoms with E-state index in [0.29, 0.717) is 45.6 Å². The van der Waals surface area contributed by atoms with Gasteiger partial charge in [0.15, 0.2) is 9.84 Å². The summed E-state index contributed by atoms with van der Waals surface area (Å²) in [6.45, 7) is 3.23. The Balaban J connectivity index is 0.000000182. The molecule has 9 nitrogen and oxygen atoms in total. The Bertz CT molecular complexity index is 2670. The maximum Gasteiger partial charge on any atom is 0.323 e. The number of nitrogens with zero attached hydrogens (tertiary/aromatic N) is 3. The number of sulfone groups is 1. The number of hydrogen-bond acceptors (Lipinski definition) is 5. The molecular formula is C40H34F3N3O6S. The SMILES string of the molecule is Cc1c(Cc2ccc(S(C)(=O)=O)cc2)c2cc(F)ccc2n1CC(=O)O.Cc1c(Cc2ccc3cc(F)ccc3n2)c2cc(F)ccc2n1CC(=O)O. The molecule has 53 heavy (non-hydrogen) atoms. The molecule has 0 unspecified atom stereocenters. The van der Waals surface area contributed by atoms with Crippen molar-refractivity contribution in [3.8, 4) is 0 Å². The minimum Gasteiger partial charge on any atom is -0.480 e. The van der Waals surface area contributed by atoms with E-state index in [4.69, 9.17) is 5.11 Å². The van der Waals surface area contributed by atoms with Gasteiger partial charge < -0.3 is 19.3 Å². The first kappa shape index (κ1) is 36.8. The van der Waals surface area contributed by atoms with Crippen molar-refractivity contribution in [2.24, 2.45) is 0 Å². The standard InChI is InChI=1S/C21H16F2N2O2.C19H18FNO4S/c1-12-17(10-16-5-2-13-8-14(22)3-6-19(13)24-16)18-9-15(23)4-7-20(18)25(12)11-21(26)27;1-12-16(9-13-3-6-15(7-4-13)26(2,24)25)17-10-14(20)5-8-18(17)21(12)11-19(22)23/h2-9H,10-11H2,1H3,(H,26,27);3-8,10H,9,11H2,1-2H3,(H,22,23). The molecule has 0 aliphatic heterocycles. The quantitative estimate of drug-likeness (QED) is 0.156. The maximum absolute atomic E-state index is 13.8. The van der Waals surface area contributed by atoms with Crippen molar-refractivity contribution in [2.75, 3.05) is 6.26 Å². The largest absolute Gasteiger partial charge is 0.480 e. The van der Waals surface area contributed by atoms with Crippen molar-refractivity contribution in [1.82, 2.24) is 14.1 Å². The predicted molar refractivity (Wildman–Crippen MR) is 195 cm³/mol. The third kappa shape index (κ3) is 7.95. The minimum absolute atomic E-state index is 0.196. The van der Waals surface area contributed by atoms with Gasteiger partial charge in [-0.1, -0.05) is 18.2 Å². The number of pyridine rings is 1. The van der Waals surface area contributed by atoms with Crippen LogP contribution < -0.4 is 0 Å². The zero-order valence-corrected chi connectivity index (χ0v) is 29.7. The van der Waals surface area contributed by atoms with Crippen LogP contribution in [0.2, 0.25) is 0 Å². The number of fused-ring (bicyclic) bond motifs is 3. The van der Waals surface area contributed by atoms with Gasteiger partial charge in [0, 0.05) is 57.0 Å². The topological polar surface area (TPSA) is 131 Å². The molecule has 272 valence electrons. The third-order valence-electron chi connectivity index (χ3n) is 9.22. The zero-order chi connectivity index (χ0) is 38.2. The summed E-state index contributed by atoms with van der Waals surface area (Å²) in [5.74, 6) is -3.02. The smallest absolute Gasteiger partial charge is 0.323 e. The molecule has 3 aromatic heterocycles. The molecule has 13 heteroatoms. The van der Waals surface area contributed by atoms with Gasteiger partial charge in [-0.3, -0.25) is 14.6 Å². The van der Waals surface area contributed by atoms with Crippen LogP contribution in [-0.2, 0) is 45.4 Å². The molecule has 2 N–H and O–H groups in total. The Kier molecular flexibility index (Phi) is 10.1. The number of aliphatic carboxylic acids is 2. The van der Waals surface area contributed by atoms with Crippen LogP contribution in [0.3, 0.4) is 0 Å². The molecule has 0 aliphatic carbocycles. The van der Waals surface area contributed by atoms with Gasteiger partial charge in [0.2, 0.25) is 0 Å². The van der Waals surface area contributed by atoms with Crippen LogP contribution in [0.1, 0.15) is 33.8 Å². The summed E-state index contributed by atoms with van der Waals surface area (Å²) >= 11 is 0. The molecule has 7 rings (SSSR count). The van der Waals surface area contributed by atoms with Crippen molar-refractivity contribution in [2.45, 2.75) is 44.7 Å². The summed E-state index contributed by atoms with van der Waals surface area (Å²) < 4.78 is 67.4. The Morgan fingerprint density at radius 3 is 1.66 bits per heavy atom. The van der Waals surface area contributed by atoms with Crippen LogP contribution in [-0.4, -0.2) is 50.9 Å². The summed E-state index contributed by atoms with van der Waals surface area (Å²) in [6, 6.07) is 23.2. The molecule has 0 atom stereocenters. The van der Waals surface area contributed by atoms with E-state index in [1.54, 1.807) is 58.5 Å². The van der Waals surface area contributed by atoms with Crippen LogP contribution in [0.5, 0.6) is 0 Å². The van der Waals surface area contributed by atoms with Gasteiger partial charge >= 0.3 is 11.9 Å². The van der Waals surface area contributed by atoms with Crippen LogP contribution >= 0.6 is 0 Å². The molecule has 0 aliphatic rings. The molecule has 0 spiro atoms. The van der Waals surface area contributed by atoms with Crippen LogP contribution in [0.4, 0.5) is 13.2 Å². The van der Waals surface area contributed by atoms with Crippen LogP contribution in [0.25, 0.3) is 32.7 Å². The monoisotopic (exact) mass is 741 g/mol. The molecule has 0 saturated carbocycles. The number of carboxylic acids is 2. The summed E-state index contributed by atoms with van der Waals surface area (Å²) in [5.41, 5.74) is 6.79. The minimum atomic E-state index is -3.27. The number of benzene rings is 4. The summed E-state index contributed by atoms with van der Waals surface area (Å²) in [7, 11) is -3.27. The van der Waals surface area contributed by atoms with Gasteiger partial charge in [0.1, 0.15) is 30.5 Å². The second-order valence-electron chi connectivity index (χ2n) is 12.8. The van der Waals surface area contributed by atoms with Crippen LogP contribution in [0, 0.1) is 31.3 Å². The van der Waals surface area contributed by atoms with E-state index in [-0.39, 0.29) is 29.6 Å². The van der Waals surface area contributed by atoms with Crippen molar-refractivity contribution in [1.29, 1.82) is 0 Å². The lowest BCUT2D eigenvalue weighted by molar-refractivity contribution is -0.138. The number of carboxylic acid groups (broad SMARTS) is 2. The second kappa shape index (κ2) is 14.6. The summed E-state index contributed by atoms with van der Waals surface area (Å²) in [6.07, 6.45) is 2.02. The highest BCUT2D eigenvalue weighted by Gasteiger charge is 2.19. The molecule has 3 heterocycles. The molecule has 0 radical (unpaired) electrons. The van der Waals surface area contributed by atoms with Gasteiger partial charge in [0.25, 0.3) is 0 Å². The van der Waals surface area contributed by atoms with Gasteiger partial charge in [-0.05, 0) is 110 Å². The van der Waals surface area contributed by atoms with Gasteiger partial charge in [-0.15, -0.1) is 0 Å². The molecule has 7 aromatic rings.